The highest BCUT2D eigenvalue weighted by Crippen LogP contribution is 2.58. The van der Waals surface area contributed by atoms with Crippen LogP contribution in [0.25, 0.3) is 20.9 Å². The second-order valence-corrected chi connectivity index (χ2v) is 12.6. The molecule has 1 heterocycles. The van der Waals surface area contributed by atoms with Gasteiger partial charge in [0.1, 0.15) is 5.66 Å². The number of thiophene rings is 1. The molecule has 0 spiro atoms. The summed E-state index contributed by atoms with van der Waals surface area (Å²) in [5.41, 5.74) is 1.29. The average molecular weight is 519 g/mol. The van der Waals surface area contributed by atoms with Crippen LogP contribution in [0, 0.1) is 0 Å². The van der Waals surface area contributed by atoms with Crippen molar-refractivity contribution in [2.75, 3.05) is 6.16 Å². The molecule has 0 bridgehead atoms. The van der Waals surface area contributed by atoms with Gasteiger partial charge in [-0.3, -0.25) is 9.36 Å². The van der Waals surface area contributed by atoms with E-state index >= 15 is 0 Å². The number of Topliss-reactive ketones (excluding diaryl/α,β-unsaturated/α-hetero) is 1. The molecule has 5 rings (SSSR count). The highest BCUT2D eigenvalue weighted by molar-refractivity contribution is 7.59. The minimum absolute atomic E-state index is 0.0308. The number of halogens is 1. The van der Waals surface area contributed by atoms with Crippen molar-refractivity contribution in [3.8, 4) is 0 Å². The lowest BCUT2D eigenvalue weighted by molar-refractivity contribution is -0.118. The number of ketones is 1. The van der Waals surface area contributed by atoms with Crippen molar-refractivity contribution >= 4 is 56.9 Å². The third-order valence-electron chi connectivity index (χ3n) is 6.32. The van der Waals surface area contributed by atoms with E-state index in [1.807, 2.05) is 84.2 Å². The normalized spacial score (nSPS) is 14.1. The lowest BCUT2D eigenvalue weighted by Crippen LogP contribution is -2.17. The molecule has 2 unspecified atom stereocenters. The summed E-state index contributed by atoms with van der Waals surface area (Å²) in [5.74, 6) is -0.251. The minimum Gasteiger partial charge on any atom is -0.344 e. The van der Waals surface area contributed by atoms with Crippen molar-refractivity contribution in [1.29, 1.82) is 0 Å². The summed E-state index contributed by atoms with van der Waals surface area (Å²) in [4.78, 5) is 25.1. The monoisotopic (exact) mass is 518 g/mol. The molecule has 2 atom stereocenters. The minimum atomic E-state index is -3.90. The van der Waals surface area contributed by atoms with Crippen molar-refractivity contribution in [2.45, 2.75) is 18.5 Å². The highest BCUT2D eigenvalue weighted by atomic mass is 35.5. The molecule has 0 saturated heterocycles. The molecule has 0 aliphatic heterocycles. The summed E-state index contributed by atoms with van der Waals surface area (Å²) < 4.78 is 14.8. The number of aryl methyl sites for hydroxylation is 1. The fourth-order valence-corrected chi connectivity index (χ4v) is 7.82. The molecule has 5 aromatic rings. The molecule has 0 fully saturated rings. The van der Waals surface area contributed by atoms with Gasteiger partial charge in [0, 0.05) is 22.3 Å². The number of hydrogen-bond acceptors (Lipinski definition) is 3. The van der Waals surface area contributed by atoms with Crippen LogP contribution in [-0.4, -0.2) is 16.8 Å². The van der Waals surface area contributed by atoms with E-state index in [4.69, 9.17) is 11.6 Å². The van der Waals surface area contributed by atoms with Crippen molar-refractivity contribution < 1.29 is 14.3 Å². The van der Waals surface area contributed by atoms with E-state index in [9.17, 15) is 14.3 Å². The van der Waals surface area contributed by atoms with Crippen LogP contribution in [0.1, 0.15) is 22.3 Å². The van der Waals surface area contributed by atoms with Gasteiger partial charge in [0.15, 0.2) is 5.78 Å². The third kappa shape index (κ3) is 5.27. The molecule has 4 aromatic carbocycles. The first-order valence-electron chi connectivity index (χ1n) is 11.4. The van der Waals surface area contributed by atoms with Gasteiger partial charge in [-0.05, 0) is 62.8 Å². The van der Waals surface area contributed by atoms with Crippen LogP contribution in [0.4, 0.5) is 0 Å². The summed E-state index contributed by atoms with van der Waals surface area (Å²) in [7, 11) is -3.90. The molecule has 0 aliphatic rings. The molecule has 1 aromatic heterocycles. The number of benzene rings is 4. The van der Waals surface area contributed by atoms with Gasteiger partial charge in [0.2, 0.25) is 7.37 Å². The van der Waals surface area contributed by atoms with Gasteiger partial charge in [-0.2, -0.15) is 0 Å². The summed E-state index contributed by atoms with van der Waals surface area (Å²) in [6.07, 6.45) is 0.545. The molecule has 176 valence electrons. The Morgan fingerprint density at radius 1 is 0.886 bits per heavy atom. The molecule has 0 saturated carbocycles. The van der Waals surface area contributed by atoms with Gasteiger partial charge < -0.3 is 4.89 Å². The van der Waals surface area contributed by atoms with Crippen LogP contribution >= 0.6 is 30.3 Å². The van der Waals surface area contributed by atoms with Crippen molar-refractivity contribution in [2.24, 2.45) is 0 Å². The smallest absolute Gasteiger partial charge is 0.215 e. The van der Waals surface area contributed by atoms with Crippen molar-refractivity contribution in [3.05, 3.63) is 118 Å². The summed E-state index contributed by atoms with van der Waals surface area (Å²) in [6, 6.07) is 28.9. The molecule has 0 radical (unpaired) electrons. The largest absolute Gasteiger partial charge is 0.344 e. The number of rotatable bonds is 8. The van der Waals surface area contributed by atoms with Crippen LogP contribution in [0.5, 0.6) is 0 Å². The van der Waals surface area contributed by atoms with Crippen LogP contribution in [0.15, 0.2) is 96.4 Å². The summed E-state index contributed by atoms with van der Waals surface area (Å²) in [5, 5.41) is 5.28. The predicted molar refractivity (Wildman–Crippen MR) is 147 cm³/mol. The van der Waals surface area contributed by atoms with E-state index in [-0.39, 0.29) is 18.4 Å². The Morgan fingerprint density at radius 3 is 2.43 bits per heavy atom. The van der Waals surface area contributed by atoms with E-state index in [2.05, 4.69) is 0 Å². The zero-order chi connectivity index (χ0) is 24.4. The van der Waals surface area contributed by atoms with Gasteiger partial charge in [-0.15, -0.1) is 11.3 Å². The standard InChI is InChI=1S/C29H24ClO3PS/c30-24-12-13-28-25(18-24)26(19-35-28)29(34(32,33)15-14-20-6-2-1-3-7-20)27(31)17-21-10-11-22-8-4-5-9-23(22)16-21/h1-13,16,18-19,29H,14-15,17H2,(H,32,33). The molecule has 6 heteroatoms. The Morgan fingerprint density at radius 2 is 1.63 bits per heavy atom. The quantitative estimate of drug-likeness (QED) is 0.211. The predicted octanol–water partition coefficient (Wildman–Crippen LogP) is 8.07. The Hall–Kier alpha value is -2.75. The first-order chi connectivity index (χ1) is 16.9. The highest BCUT2D eigenvalue weighted by Gasteiger charge is 2.39. The molecule has 1 N–H and O–H groups in total. The van der Waals surface area contributed by atoms with E-state index in [0.717, 1.165) is 32.0 Å². The molecule has 3 nitrogen and oxygen atoms in total. The first kappa shape index (κ1) is 24.0. The van der Waals surface area contributed by atoms with E-state index in [0.29, 0.717) is 17.0 Å². The Kier molecular flexibility index (Phi) is 6.91. The number of fused-ring (bicyclic) bond motifs is 2. The number of carbonyl (C=O) groups excluding carboxylic acids is 1. The molecule has 0 aliphatic carbocycles. The first-order valence-corrected chi connectivity index (χ1v) is 14.6. The van der Waals surface area contributed by atoms with Gasteiger partial charge >= 0.3 is 0 Å². The second kappa shape index (κ2) is 10.1. The summed E-state index contributed by atoms with van der Waals surface area (Å²) in [6.45, 7) is 0. The van der Waals surface area contributed by atoms with E-state index in [1.54, 1.807) is 12.1 Å². The lowest BCUT2D eigenvalue weighted by Gasteiger charge is -2.22. The SMILES string of the molecule is O=C(Cc1ccc2ccccc2c1)C(c1csc2ccc(Cl)cc12)P(=O)(O)CCc1ccccc1. The fourth-order valence-electron chi connectivity index (χ4n) is 4.56. The number of carbonyl (C=O) groups is 1. The molecule has 0 amide bonds. The van der Waals surface area contributed by atoms with Gasteiger partial charge in [-0.25, -0.2) is 0 Å². The Balaban J connectivity index is 1.52. The maximum atomic E-state index is 13.9. The van der Waals surface area contributed by atoms with Crippen molar-refractivity contribution in [1.82, 2.24) is 0 Å². The van der Waals surface area contributed by atoms with Crippen LogP contribution in [-0.2, 0) is 22.2 Å². The van der Waals surface area contributed by atoms with E-state index < -0.39 is 13.0 Å². The molecular weight excluding hydrogens is 495 g/mol. The Bertz CT molecular complexity index is 1560. The van der Waals surface area contributed by atoms with Crippen molar-refractivity contribution in [3.63, 3.8) is 0 Å². The number of hydrogen-bond donors (Lipinski definition) is 1. The Labute approximate surface area is 213 Å². The fraction of sp³-hybridized carbons (Fsp3) is 0.138. The third-order valence-corrected chi connectivity index (χ3v) is 9.78. The lowest BCUT2D eigenvalue weighted by atomic mass is 9.99. The summed E-state index contributed by atoms with van der Waals surface area (Å²) >= 11 is 7.72. The van der Waals surface area contributed by atoms with Crippen LogP contribution in [0.3, 0.4) is 0 Å². The average Bonchev–Trinajstić information content (AvgIpc) is 3.25. The topological polar surface area (TPSA) is 54.4 Å². The van der Waals surface area contributed by atoms with Crippen LogP contribution in [0.2, 0.25) is 5.02 Å². The maximum absolute atomic E-state index is 13.9. The van der Waals surface area contributed by atoms with Gasteiger partial charge in [0.25, 0.3) is 0 Å². The second-order valence-electron chi connectivity index (χ2n) is 8.77. The van der Waals surface area contributed by atoms with E-state index in [1.165, 1.54) is 11.3 Å². The zero-order valence-electron chi connectivity index (χ0n) is 18.9. The molecule has 35 heavy (non-hydrogen) atoms. The maximum Gasteiger partial charge on any atom is 0.215 e. The molecular formula is C29H24ClO3PS. The van der Waals surface area contributed by atoms with Crippen LogP contribution < -0.4 is 0 Å². The van der Waals surface area contributed by atoms with Gasteiger partial charge in [0.05, 0.1) is 0 Å². The zero-order valence-corrected chi connectivity index (χ0v) is 21.4. The van der Waals surface area contributed by atoms with Gasteiger partial charge in [-0.1, -0.05) is 84.4 Å².